The molecule has 0 aromatic heterocycles. The number of morpholine rings is 1. The van der Waals surface area contributed by atoms with Crippen LogP contribution in [0, 0.1) is 5.82 Å². The highest BCUT2D eigenvalue weighted by Crippen LogP contribution is 2.19. The van der Waals surface area contributed by atoms with Gasteiger partial charge < -0.3 is 15.4 Å². The molecule has 0 spiro atoms. The number of anilines is 1. The SMILES string of the molecule is O=C(NCCN1CCOCC1)Nc1ccc(Br)c(F)c1. The van der Waals surface area contributed by atoms with Gasteiger partial charge in [-0.25, -0.2) is 9.18 Å². The number of halogens is 2. The van der Waals surface area contributed by atoms with E-state index in [1.807, 2.05) is 0 Å². The fourth-order valence-corrected chi connectivity index (χ4v) is 2.15. The molecule has 0 saturated carbocycles. The minimum Gasteiger partial charge on any atom is -0.379 e. The van der Waals surface area contributed by atoms with Crippen LogP contribution in [0.25, 0.3) is 0 Å². The van der Waals surface area contributed by atoms with Crippen LogP contribution < -0.4 is 10.6 Å². The van der Waals surface area contributed by atoms with Gasteiger partial charge in [0, 0.05) is 31.9 Å². The lowest BCUT2D eigenvalue weighted by molar-refractivity contribution is 0.0388. The summed E-state index contributed by atoms with van der Waals surface area (Å²) in [5.41, 5.74) is 0.426. The van der Waals surface area contributed by atoms with Crippen molar-refractivity contribution >= 4 is 27.6 Å². The average molecular weight is 346 g/mol. The molecule has 0 atom stereocenters. The molecular weight excluding hydrogens is 329 g/mol. The van der Waals surface area contributed by atoms with Crippen molar-refractivity contribution in [3.05, 3.63) is 28.5 Å². The zero-order valence-corrected chi connectivity index (χ0v) is 12.6. The quantitative estimate of drug-likeness (QED) is 0.877. The van der Waals surface area contributed by atoms with Gasteiger partial charge in [0.2, 0.25) is 0 Å². The number of carbonyl (C=O) groups is 1. The van der Waals surface area contributed by atoms with E-state index in [1.165, 1.54) is 6.07 Å². The Labute approximate surface area is 125 Å². The normalized spacial score (nSPS) is 15.9. The maximum Gasteiger partial charge on any atom is 0.319 e. The molecule has 0 aliphatic carbocycles. The molecule has 1 heterocycles. The lowest BCUT2D eigenvalue weighted by Crippen LogP contribution is -2.42. The highest BCUT2D eigenvalue weighted by molar-refractivity contribution is 9.10. The van der Waals surface area contributed by atoms with Gasteiger partial charge in [-0.15, -0.1) is 0 Å². The zero-order valence-electron chi connectivity index (χ0n) is 11.0. The van der Waals surface area contributed by atoms with Gasteiger partial charge in [0.05, 0.1) is 17.7 Å². The number of hydrogen-bond donors (Lipinski definition) is 2. The van der Waals surface area contributed by atoms with E-state index in [4.69, 9.17) is 4.74 Å². The first-order valence-electron chi connectivity index (χ1n) is 6.45. The summed E-state index contributed by atoms with van der Waals surface area (Å²) in [6, 6.07) is 4.12. The minimum atomic E-state index is -0.406. The maximum absolute atomic E-state index is 13.3. The summed E-state index contributed by atoms with van der Waals surface area (Å²) >= 11 is 3.06. The summed E-state index contributed by atoms with van der Waals surface area (Å²) in [5.74, 6) is -0.406. The molecule has 1 aromatic rings. The Morgan fingerprint density at radius 1 is 1.40 bits per heavy atom. The van der Waals surface area contributed by atoms with Crippen molar-refractivity contribution < 1.29 is 13.9 Å². The second-order valence-corrected chi connectivity index (χ2v) is 5.32. The van der Waals surface area contributed by atoms with Crippen molar-refractivity contribution in [3.63, 3.8) is 0 Å². The summed E-state index contributed by atoms with van der Waals surface area (Å²) in [6.45, 7) is 4.59. The molecule has 2 amide bonds. The van der Waals surface area contributed by atoms with Crippen LogP contribution in [-0.4, -0.2) is 50.3 Å². The topological polar surface area (TPSA) is 53.6 Å². The summed E-state index contributed by atoms with van der Waals surface area (Å²) < 4.78 is 18.9. The number of nitrogens with zero attached hydrogens (tertiary/aromatic N) is 1. The number of ether oxygens (including phenoxy) is 1. The van der Waals surface area contributed by atoms with Crippen molar-refractivity contribution in [1.82, 2.24) is 10.2 Å². The number of hydrogen-bond acceptors (Lipinski definition) is 3. The first-order valence-corrected chi connectivity index (χ1v) is 7.24. The van der Waals surface area contributed by atoms with Crippen molar-refractivity contribution in [2.75, 3.05) is 44.7 Å². The highest BCUT2D eigenvalue weighted by Gasteiger charge is 2.10. The second kappa shape index (κ2) is 7.56. The molecule has 110 valence electrons. The third-order valence-corrected chi connectivity index (χ3v) is 3.64. The van der Waals surface area contributed by atoms with Crippen molar-refractivity contribution in [1.29, 1.82) is 0 Å². The van der Waals surface area contributed by atoms with Gasteiger partial charge in [0.15, 0.2) is 0 Å². The van der Waals surface area contributed by atoms with Gasteiger partial charge in [0.1, 0.15) is 5.82 Å². The fourth-order valence-electron chi connectivity index (χ4n) is 1.90. The van der Waals surface area contributed by atoms with E-state index in [1.54, 1.807) is 12.1 Å². The lowest BCUT2D eigenvalue weighted by atomic mass is 10.3. The molecule has 0 bridgehead atoms. The van der Waals surface area contributed by atoms with Crippen molar-refractivity contribution in [3.8, 4) is 0 Å². The predicted octanol–water partition coefficient (Wildman–Crippen LogP) is 2.04. The smallest absolute Gasteiger partial charge is 0.319 e. The standard InChI is InChI=1S/C13H17BrFN3O2/c14-11-2-1-10(9-12(11)15)17-13(19)16-3-4-18-5-7-20-8-6-18/h1-2,9H,3-8H2,(H2,16,17,19). The molecule has 20 heavy (non-hydrogen) atoms. The number of rotatable bonds is 4. The monoisotopic (exact) mass is 345 g/mol. The van der Waals surface area contributed by atoms with Crippen LogP contribution in [0.5, 0.6) is 0 Å². The minimum absolute atomic E-state index is 0.333. The Morgan fingerprint density at radius 2 is 2.15 bits per heavy atom. The van der Waals surface area contributed by atoms with Crippen molar-refractivity contribution in [2.24, 2.45) is 0 Å². The Balaban J connectivity index is 1.70. The molecule has 0 radical (unpaired) electrons. The summed E-state index contributed by atoms with van der Waals surface area (Å²) in [6.07, 6.45) is 0. The third-order valence-electron chi connectivity index (χ3n) is 2.99. The van der Waals surface area contributed by atoms with E-state index in [9.17, 15) is 9.18 Å². The molecule has 1 fully saturated rings. The summed E-state index contributed by atoms with van der Waals surface area (Å²) in [4.78, 5) is 13.9. The zero-order chi connectivity index (χ0) is 14.4. The number of amides is 2. The van der Waals surface area contributed by atoms with Gasteiger partial charge >= 0.3 is 6.03 Å². The van der Waals surface area contributed by atoms with Crippen LogP contribution in [0.3, 0.4) is 0 Å². The molecule has 2 rings (SSSR count). The van der Waals surface area contributed by atoms with Crippen molar-refractivity contribution in [2.45, 2.75) is 0 Å². The van der Waals surface area contributed by atoms with Crippen LogP contribution in [0.2, 0.25) is 0 Å². The van der Waals surface area contributed by atoms with E-state index in [0.29, 0.717) is 16.7 Å². The van der Waals surface area contributed by atoms with Gasteiger partial charge in [-0.1, -0.05) is 0 Å². The number of benzene rings is 1. The molecule has 1 aliphatic rings. The van der Waals surface area contributed by atoms with Crippen LogP contribution in [0.4, 0.5) is 14.9 Å². The van der Waals surface area contributed by atoms with E-state index < -0.39 is 5.82 Å². The number of urea groups is 1. The highest BCUT2D eigenvalue weighted by atomic mass is 79.9. The van der Waals surface area contributed by atoms with Crippen LogP contribution >= 0.6 is 15.9 Å². The number of nitrogens with one attached hydrogen (secondary N) is 2. The van der Waals surface area contributed by atoms with Gasteiger partial charge in [0.25, 0.3) is 0 Å². The molecule has 7 heteroatoms. The fraction of sp³-hybridized carbons (Fsp3) is 0.462. The van der Waals surface area contributed by atoms with Crippen LogP contribution in [0.15, 0.2) is 22.7 Å². The second-order valence-electron chi connectivity index (χ2n) is 4.46. The molecule has 1 saturated heterocycles. The Morgan fingerprint density at radius 3 is 2.85 bits per heavy atom. The molecule has 2 N–H and O–H groups in total. The van der Waals surface area contributed by atoms with Gasteiger partial charge in [-0.3, -0.25) is 4.90 Å². The van der Waals surface area contributed by atoms with Crippen LogP contribution in [-0.2, 0) is 4.74 Å². The first kappa shape index (κ1) is 15.2. The molecule has 5 nitrogen and oxygen atoms in total. The molecular formula is C13H17BrFN3O2. The van der Waals surface area contributed by atoms with Gasteiger partial charge in [-0.2, -0.15) is 0 Å². The predicted molar refractivity (Wildman–Crippen MR) is 78.4 cm³/mol. The van der Waals surface area contributed by atoms with E-state index >= 15 is 0 Å². The first-order chi connectivity index (χ1) is 9.65. The third kappa shape index (κ3) is 4.73. The Hall–Kier alpha value is -1.18. The van der Waals surface area contributed by atoms with E-state index in [2.05, 4.69) is 31.5 Å². The van der Waals surface area contributed by atoms with Crippen LogP contribution in [0.1, 0.15) is 0 Å². The van der Waals surface area contributed by atoms with Gasteiger partial charge in [-0.05, 0) is 34.1 Å². The Kier molecular flexibility index (Phi) is 5.75. The van der Waals surface area contributed by atoms with E-state index in [0.717, 1.165) is 32.8 Å². The maximum atomic E-state index is 13.3. The summed E-state index contributed by atoms with van der Waals surface area (Å²) in [5, 5.41) is 5.34. The lowest BCUT2D eigenvalue weighted by Gasteiger charge is -2.26. The largest absolute Gasteiger partial charge is 0.379 e. The van der Waals surface area contributed by atoms with E-state index in [-0.39, 0.29) is 6.03 Å². The number of carbonyl (C=O) groups excluding carboxylic acids is 1. The average Bonchev–Trinajstić information content (AvgIpc) is 2.44. The molecule has 1 aromatic carbocycles. The molecule has 1 aliphatic heterocycles. The molecule has 0 unspecified atom stereocenters. The Bertz CT molecular complexity index is 467. The summed E-state index contributed by atoms with van der Waals surface area (Å²) in [7, 11) is 0.